The molecule has 0 radical (unpaired) electrons. The van der Waals surface area contributed by atoms with E-state index < -0.39 is 21.2 Å². The third kappa shape index (κ3) is 6.39. The van der Waals surface area contributed by atoms with E-state index in [-0.39, 0.29) is 41.0 Å². The molecule has 3 aliphatic rings. The van der Waals surface area contributed by atoms with Gasteiger partial charge >= 0.3 is 0 Å². The van der Waals surface area contributed by atoms with E-state index >= 15 is 0 Å². The highest BCUT2D eigenvalue weighted by molar-refractivity contribution is 7.91. The second kappa shape index (κ2) is 9.87. The molecule has 1 aromatic rings. The van der Waals surface area contributed by atoms with Crippen molar-refractivity contribution in [3.05, 3.63) is 29.2 Å². The molecule has 1 atom stereocenters. The minimum absolute atomic E-state index is 0.0215. The van der Waals surface area contributed by atoms with Gasteiger partial charge in [-0.2, -0.15) is 0 Å². The number of halogens is 1. The number of aromatic nitrogens is 1. The number of pyridine rings is 1. The van der Waals surface area contributed by atoms with E-state index in [0.717, 1.165) is 24.6 Å². The van der Waals surface area contributed by atoms with Gasteiger partial charge in [0.05, 0.1) is 17.7 Å². The van der Waals surface area contributed by atoms with Crippen LogP contribution in [0, 0.1) is 11.7 Å². The van der Waals surface area contributed by atoms with Crippen molar-refractivity contribution in [1.82, 2.24) is 10.3 Å². The molecular formula is C25H35FN4O4S. The Morgan fingerprint density at radius 1 is 1.29 bits per heavy atom. The van der Waals surface area contributed by atoms with Crippen LogP contribution < -0.4 is 15.8 Å². The number of sulfone groups is 1. The molecule has 3 fully saturated rings. The predicted octanol–water partition coefficient (Wildman–Crippen LogP) is 3.16. The van der Waals surface area contributed by atoms with Crippen molar-refractivity contribution in [3.8, 4) is 5.88 Å². The number of nitrogens with two attached hydrogens (primary N) is 1. The number of rotatable bonds is 6. The summed E-state index contributed by atoms with van der Waals surface area (Å²) in [6, 6.07) is 1.52. The molecule has 35 heavy (non-hydrogen) atoms. The fourth-order valence-electron chi connectivity index (χ4n) is 4.60. The van der Waals surface area contributed by atoms with E-state index in [1.165, 1.54) is 0 Å². The van der Waals surface area contributed by atoms with E-state index in [0.29, 0.717) is 49.4 Å². The summed E-state index contributed by atoms with van der Waals surface area (Å²) in [5, 5.41) is 3.10. The maximum Gasteiger partial charge on any atom is 0.223 e. The number of ether oxygens (including phenoxy) is 1. The summed E-state index contributed by atoms with van der Waals surface area (Å²) in [5.41, 5.74) is 7.95. The van der Waals surface area contributed by atoms with Crippen LogP contribution in [0.3, 0.4) is 0 Å². The van der Waals surface area contributed by atoms with Crippen LogP contribution in [0.5, 0.6) is 5.88 Å². The minimum atomic E-state index is -3.02. The molecule has 4 rings (SSSR count). The number of amides is 1. The van der Waals surface area contributed by atoms with Crippen LogP contribution in [0.1, 0.15) is 71.3 Å². The Balaban J connectivity index is 1.53. The van der Waals surface area contributed by atoms with Crippen molar-refractivity contribution in [3.63, 3.8) is 0 Å². The lowest BCUT2D eigenvalue weighted by atomic mass is 9.81. The van der Waals surface area contributed by atoms with Crippen molar-refractivity contribution in [2.24, 2.45) is 16.6 Å². The lowest BCUT2D eigenvalue weighted by molar-refractivity contribution is -0.127. The average molecular weight is 507 g/mol. The Morgan fingerprint density at radius 3 is 2.60 bits per heavy atom. The Labute approximate surface area is 206 Å². The summed E-state index contributed by atoms with van der Waals surface area (Å²) in [7, 11) is -3.02. The molecule has 3 N–H and O–H groups in total. The van der Waals surface area contributed by atoms with Gasteiger partial charge in [0.15, 0.2) is 5.82 Å². The lowest BCUT2D eigenvalue weighted by Gasteiger charge is -2.36. The van der Waals surface area contributed by atoms with Gasteiger partial charge in [-0.15, -0.1) is 0 Å². The van der Waals surface area contributed by atoms with Crippen LogP contribution in [0.15, 0.2) is 22.8 Å². The molecule has 192 valence electrons. The molecule has 1 aliphatic heterocycles. The number of allylic oxidation sites excluding steroid dienone is 1. The molecule has 0 aromatic carbocycles. The number of nitrogens with zero attached hydrogens (tertiary/aromatic N) is 2. The smallest absolute Gasteiger partial charge is 0.223 e. The van der Waals surface area contributed by atoms with E-state index in [1.54, 1.807) is 6.07 Å². The SMILES string of the molecule is CC(C)N=C1C[C@H](C(=O)NC2(C)CCS(=O)(=O)CC2)CCC1=C(N)c1cc(OC2CC2)ncc1F. The molecule has 0 unspecified atom stereocenters. The van der Waals surface area contributed by atoms with Crippen LogP contribution in [0.2, 0.25) is 0 Å². The Bertz CT molecular complexity index is 1140. The van der Waals surface area contributed by atoms with Gasteiger partial charge in [-0.1, -0.05) is 0 Å². The number of aliphatic imine (C=N–C) groups is 1. The maximum atomic E-state index is 14.7. The highest BCUT2D eigenvalue weighted by Gasteiger charge is 2.37. The van der Waals surface area contributed by atoms with Gasteiger partial charge in [0.1, 0.15) is 15.9 Å². The van der Waals surface area contributed by atoms with Gasteiger partial charge in [0, 0.05) is 47.0 Å². The van der Waals surface area contributed by atoms with E-state index in [4.69, 9.17) is 15.5 Å². The zero-order valence-corrected chi connectivity index (χ0v) is 21.5. The summed E-state index contributed by atoms with van der Waals surface area (Å²) in [4.78, 5) is 21.9. The van der Waals surface area contributed by atoms with Crippen LogP contribution in [-0.4, -0.2) is 54.2 Å². The molecule has 8 nitrogen and oxygen atoms in total. The number of carbonyl (C=O) groups is 1. The highest BCUT2D eigenvalue weighted by Crippen LogP contribution is 2.34. The average Bonchev–Trinajstić information content (AvgIpc) is 3.61. The molecule has 1 aromatic heterocycles. The normalized spacial score (nSPS) is 26.4. The molecule has 0 bridgehead atoms. The summed E-state index contributed by atoms with van der Waals surface area (Å²) in [6.07, 6.45) is 5.44. The Hall–Kier alpha value is -2.49. The van der Waals surface area contributed by atoms with Gasteiger partial charge in [-0.05, 0) is 64.9 Å². The van der Waals surface area contributed by atoms with Crippen LogP contribution in [0.25, 0.3) is 5.70 Å². The van der Waals surface area contributed by atoms with Gasteiger partial charge < -0.3 is 15.8 Å². The Morgan fingerprint density at radius 2 is 1.97 bits per heavy atom. The molecular weight excluding hydrogens is 471 g/mol. The summed E-state index contributed by atoms with van der Waals surface area (Å²) >= 11 is 0. The Kier molecular flexibility index (Phi) is 7.22. The first-order valence-corrected chi connectivity index (χ1v) is 14.2. The first-order valence-electron chi connectivity index (χ1n) is 12.4. The zero-order valence-electron chi connectivity index (χ0n) is 20.6. The quantitative estimate of drug-likeness (QED) is 0.611. The molecule has 2 aliphatic carbocycles. The summed E-state index contributed by atoms with van der Waals surface area (Å²) in [5.74, 6) is -0.414. The minimum Gasteiger partial charge on any atom is -0.474 e. The van der Waals surface area contributed by atoms with Crippen molar-refractivity contribution in [2.45, 2.75) is 83.4 Å². The number of nitrogens with one attached hydrogen (secondary N) is 1. The molecule has 0 spiro atoms. The standard InChI is InChI=1S/C25H35FN4O4S/c1-15(2)29-21-12-16(24(31)30-25(3)8-10-35(32,33)11-9-25)4-7-18(21)23(27)19-13-22(28-14-20(19)26)34-17-5-6-17/h13-17H,4-12,27H2,1-3H3,(H,30,31)/t16-/m1/s1. The molecule has 1 saturated heterocycles. The summed E-state index contributed by atoms with van der Waals surface area (Å²) in [6.45, 7) is 5.80. The van der Waals surface area contributed by atoms with E-state index in [9.17, 15) is 17.6 Å². The number of hydrogen-bond donors (Lipinski definition) is 2. The number of hydrogen-bond acceptors (Lipinski definition) is 7. The monoisotopic (exact) mass is 506 g/mol. The first-order chi connectivity index (χ1) is 16.4. The topological polar surface area (TPSA) is 124 Å². The van der Waals surface area contributed by atoms with E-state index in [1.807, 2.05) is 20.8 Å². The van der Waals surface area contributed by atoms with Crippen molar-refractivity contribution in [1.29, 1.82) is 0 Å². The summed E-state index contributed by atoms with van der Waals surface area (Å²) < 4.78 is 44.0. The highest BCUT2D eigenvalue weighted by atomic mass is 32.2. The third-order valence-electron chi connectivity index (χ3n) is 6.93. The van der Waals surface area contributed by atoms with Gasteiger partial charge in [0.2, 0.25) is 11.8 Å². The fraction of sp³-hybridized carbons (Fsp3) is 0.640. The molecule has 2 heterocycles. The predicted molar refractivity (Wildman–Crippen MR) is 133 cm³/mol. The van der Waals surface area contributed by atoms with Crippen LogP contribution >= 0.6 is 0 Å². The van der Waals surface area contributed by atoms with Gasteiger partial charge in [-0.3, -0.25) is 9.79 Å². The van der Waals surface area contributed by atoms with Crippen molar-refractivity contribution < 1.29 is 22.3 Å². The third-order valence-corrected chi connectivity index (χ3v) is 8.58. The second-order valence-electron chi connectivity index (χ2n) is 10.5. The zero-order chi connectivity index (χ0) is 25.4. The maximum absolute atomic E-state index is 14.7. The first kappa shape index (κ1) is 25.6. The van der Waals surface area contributed by atoms with Gasteiger partial charge in [0.25, 0.3) is 0 Å². The van der Waals surface area contributed by atoms with Gasteiger partial charge in [-0.25, -0.2) is 17.8 Å². The second-order valence-corrected chi connectivity index (χ2v) is 12.8. The molecule has 10 heteroatoms. The lowest BCUT2D eigenvalue weighted by Crippen LogP contribution is -2.53. The van der Waals surface area contributed by atoms with Crippen molar-refractivity contribution in [2.75, 3.05) is 11.5 Å². The van der Waals surface area contributed by atoms with Crippen LogP contribution in [0.4, 0.5) is 4.39 Å². The van der Waals surface area contributed by atoms with Crippen molar-refractivity contribution >= 4 is 27.2 Å². The largest absolute Gasteiger partial charge is 0.474 e. The fourth-order valence-corrected chi connectivity index (χ4v) is 6.33. The van der Waals surface area contributed by atoms with E-state index in [2.05, 4.69) is 10.3 Å². The number of carbonyl (C=O) groups excluding carboxylic acids is 1. The molecule has 2 saturated carbocycles. The van der Waals surface area contributed by atoms with Crippen LogP contribution in [-0.2, 0) is 14.6 Å². The molecule has 1 amide bonds.